The van der Waals surface area contributed by atoms with Crippen molar-refractivity contribution in [3.8, 4) is 5.75 Å². The van der Waals surface area contributed by atoms with Crippen LogP contribution in [0.4, 0.5) is 0 Å². The van der Waals surface area contributed by atoms with E-state index in [9.17, 15) is 4.79 Å². The van der Waals surface area contributed by atoms with E-state index in [0.29, 0.717) is 48.5 Å². The largest absolute Gasteiger partial charge is 0.497 e. The molecule has 0 saturated heterocycles. The van der Waals surface area contributed by atoms with Crippen LogP contribution < -0.4 is 10.3 Å². The predicted molar refractivity (Wildman–Crippen MR) is 132 cm³/mol. The minimum absolute atomic E-state index is 0.0979. The minimum atomic E-state index is -0.0979. The number of aryl methyl sites for hydroxylation is 3. The Hall–Kier alpha value is -3.78. The number of fused-ring (bicyclic) bond motifs is 4. The van der Waals surface area contributed by atoms with Gasteiger partial charge >= 0.3 is 0 Å². The summed E-state index contributed by atoms with van der Waals surface area (Å²) in [5, 5.41) is 0.516. The maximum Gasteiger partial charge on any atom is 0.265 e. The highest BCUT2D eigenvalue weighted by atomic mass is 16.5. The van der Waals surface area contributed by atoms with Crippen molar-refractivity contribution in [2.24, 2.45) is 0 Å². The van der Waals surface area contributed by atoms with Crippen molar-refractivity contribution < 1.29 is 9.47 Å². The molecule has 5 rings (SSSR count). The van der Waals surface area contributed by atoms with E-state index in [1.54, 1.807) is 18.0 Å². The zero-order valence-electron chi connectivity index (χ0n) is 19.4. The summed E-state index contributed by atoms with van der Waals surface area (Å²) in [6, 6.07) is 15.7. The summed E-state index contributed by atoms with van der Waals surface area (Å²) in [4.78, 5) is 27.9. The van der Waals surface area contributed by atoms with Gasteiger partial charge in [0.1, 0.15) is 16.7 Å². The standard InChI is InChI=1S/C26H27N5O3/c1-3-34-16-6-14-30-17-27-24-22(26(30)32)23-25(29-21-8-5-4-7-20(21)28-23)31(24)15-13-18-9-11-19(33-2)12-10-18/h4-5,7-12,17H,3,6,13-16H2,1-2H3. The molecule has 8 heteroatoms. The second-order valence-corrected chi connectivity index (χ2v) is 8.13. The summed E-state index contributed by atoms with van der Waals surface area (Å²) in [7, 11) is 1.66. The molecule has 174 valence electrons. The van der Waals surface area contributed by atoms with E-state index in [2.05, 4.69) is 0 Å². The number of hydrogen-bond donors (Lipinski definition) is 0. The van der Waals surface area contributed by atoms with Crippen LogP contribution in [-0.4, -0.2) is 44.4 Å². The number of para-hydroxylation sites is 2. The average molecular weight is 458 g/mol. The Labute approximate surface area is 196 Å². The lowest BCUT2D eigenvalue weighted by molar-refractivity contribution is 0.141. The zero-order valence-corrected chi connectivity index (χ0v) is 19.4. The van der Waals surface area contributed by atoms with Gasteiger partial charge in [-0.3, -0.25) is 9.36 Å². The Morgan fingerprint density at radius 1 is 0.941 bits per heavy atom. The molecule has 2 aromatic carbocycles. The number of methoxy groups -OCH3 is 1. The first-order valence-electron chi connectivity index (χ1n) is 11.5. The first-order chi connectivity index (χ1) is 16.7. The van der Waals surface area contributed by atoms with E-state index in [-0.39, 0.29) is 5.56 Å². The summed E-state index contributed by atoms with van der Waals surface area (Å²) < 4.78 is 14.3. The number of nitrogens with zero attached hydrogens (tertiary/aromatic N) is 5. The molecule has 5 aromatic rings. The molecule has 0 bridgehead atoms. The van der Waals surface area contributed by atoms with Gasteiger partial charge in [0.25, 0.3) is 5.56 Å². The van der Waals surface area contributed by atoms with Gasteiger partial charge in [0, 0.05) is 26.3 Å². The Morgan fingerprint density at radius 3 is 2.44 bits per heavy atom. The second-order valence-electron chi connectivity index (χ2n) is 8.13. The van der Waals surface area contributed by atoms with E-state index < -0.39 is 0 Å². The fourth-order valence-electron chi connectivity index (χ4n) is 4.22. The summed E-state index contributed by atoms with van der Waals surface area (Å²) in [5.41, 5.74) is 4.51. The summed E-state index contributed by atoms with van der Waals surface area (Å²) >= 11 is 0. The van der Waals surface area contributed by atoms with Crippen molar-refractivity contribution in [1.82, 2.24) is 24.1 Å². The van der Waals surface area contributed by atoms with E-state index in [4.69, 9.17) is 24.4 Å². The van der Waals surface area contributed by atoms with Gasteiger partial charge in [-0.25, -0.2) is 15.0 Å². The van der Waals surface area contributed by atoms with Crippen LogP contribution in [0.3, 0.4) is 0 Å². The molecular formula is C26H27N5O3. The lowest BCUT2D eigenvalue weighted by Crippen LogP contribution is -2.21. The Kier molecular flexibility index (Phi) is 6.22. The predicted octanol–water partition coefficient (Wildman–Crippen LogP) is 3.97. The molecule has 0 aliphatic heterocycles. The normalized spacial score (nSPS) is 11.6. The molecule has 3 aromatic heterocycles. The third-order valence-corrected chi connectivity index (χ3v) is 5.99. The van der Waals surface area contributed by atoms with Gasteiger partial charge in [0.15, 0.2) is 11.3 Å². The fourth-order valence-corrected chi connectivity index (χ4v) is 4.22. The second kappa shape index (κ2) is 9.61. The molecular weight excluding hydrogens is 430 g/mol. The van der Waals surface area contributed by atoms with Gasteiger partial charge in [-0.05, 0) is 49.6 Å². The Balaban J connectivity index is 1.60. The Morgan fingerprint density at radius 2 is 1.71 bits per heavy atom. The van der Waals surface area contributed by atoms with Gasteiger partial charge in [0.2, 0.25) is 0 Å². The topological polar surface area (TPSA) is 84.1 Å². The third kappa shape index (κ3) is 4.12. The van der Waals surface area contributed by atoms with Crippen molar-refractivity contribution in [2.75, 3.05) is 20.3 Å². The van der Waals surface area contributed by atoms with Crippen molar-refractivity contribution in [2.45, 2.75) is 32.9 Å². The number of ether oxygens (including phenoxy) is 2. The molecule has 0 aliphatic rings. The van der Waals surface area contributed by atoms with Gasteiger partial charge in [-0.2, -0.15) is 0 Å². The highest BCUT2D eigenvalue weighted by Crippen LogP contribution is 2.25. The molecule has 0 N–H and O–H groups in total. The molecule has 0 spiro atoms. The van der Waals surface area contributed by atoms with Crippen molar-refractivity contribution in [3.05, 3.63) is 70.8 Å². The summed E-state index contributed by atoms with van der Waals surface area (Å²) in [6.07, 6.45) is 3.13. The van der Waals surface area contributed by atoms with E-state index in [1.807, 2.05) is 60.0 Å². The van der Waals surface area contributed by atoms with Crippen LogP contribution in [0.5, 0.6) is 5.75 Å². The molecule has 34 heavy (non-hydrogen) atoms. The summed E-state index contributed by atoms with van der Waals surface area (Å²) in [6.45, 7) is 4.40. The van der Waals surface area contributed by atoms with Crippen molar-refractivity contribution >= 4 is 33.2 Å². The zero-order chi connectivity index (χ0) is 23.5. The highest BCUT2D eigenvalue weighted by Gasteiger charge is 2.19. The number of benzene rings is 2. The van der Waals surface area contributed by atoms with E-state index in [0.717, 1.165) is 35.2 Å². The first kappa shape index (κ1) is 22.0. The summed E-state index contributed by atoms with van der Waals surface area (Å²) in [5.74, 6) is 0.824. The van der Waals surface area contributed by atoms with Crippen LogP contribution in [0.2, 0.25) is 0 Å². The molecule has 0 unspecified atom stereocenters. The molecule has 0 aliphatic carbocycles. The van der Waals surface area contributed by atoms with E-state index >= 15 is 0 Å². The molecule has 0 fully saturated rings. The van der Waals surface area contributed by atoms with Crippen LogP contribution >= 0.6 is 0 Å². The highest BCUT2D eigenvalue weighted by molar-refractivity contribution is 6.04. The van der Waals surface area contributed by atoms with Gasteiger partial charge < -0.3 is 14.0 Å². The minimum Gasteiger partial charge on any atom is -0.497 e. The smallest absolute Gasteiger partial charge is 0.265 e. The quantitative estimate of drug-likeness (QED) is 0.312. The maximum atomic E-state index is 13.5. The molecule has 0 atom stereocenters. The SMILES string of the molecule is CCOCCCn1cnc2c(c1=O)c1nc3ccccc3nc1n2CCc1ccc(OC)cc1. The van der Waals surface area contributed by atoms with Crippen LogP contribution in [0.1, 0.15) is 18.9 Å². The Bertz CT molecular complexity index is 1510. The fraction of sp³-hybridized carbons (Fsp3) is 0.308. The van der Waals surface area contributed by atoms with Crippen LogP contribution in [0.15, 0.2) is 59.7 Å². The lowest BCUT2D eigenvalue weighted by atomic mass is 10.1. The monoisotopic (exact) mass is 457 g/mol. The maximum absolute atomic E-state index is 13.5. The lowest BCUT2D eigenvalue weighted by Gasteiger charge is -2.08. The van der Waals surface area contributed by atoms with Gasteiger partial charge in [-0.1, -0.05) is 24.3 Å². The van der Waals surface area contributed by atoms with Crippen LogP contribution in [0.25, 0.3) is 33.2 Å². The third-order valence-electron chi connectivity index (χ3n) is 5.99. The average Bonchev–Trinajstić information content (AvgIpc) is 3.18. The number of rotatable bonds is 9. The van der Waals surface area contributed by atoms with Crippen LogP contribution in [-0.2, 0) is 24.2 Å². The molecule has 0 amide bonds. The number of hydrogen-bond acceptors (Lipinski definition) is 6. The van der Waals surface area contributed by atoms with Gasteiger partial charge in [0.05, 0.1) is 24.5 Å². The van der Waals surface area contributed by atoms with Crippen molar-refractivity contribution in [3.63, 3.8) is 0 Å². The molecule has 0 saturated carbocycles. The van der Waals surface area contributed by atoms with E-state index in [1.165, 1.54) is 0 Å². The molecule has 0 radical (unpaired) electrons. The van der Waals surface area contributed by atoms with Crippen molar-refractivity contribution in [1.29, 1.82) is 0 Å². The van der Waals surface area contributed by atoms with Gasteiger partial charge in [-0.15, -0.1) is 0 Å². The molecule has 3 heterocycles. The first-order valence-corrected chi connectivity index (χ1v) is 11.5. The van der Waals surface area contributed by atoms with Crippen LogP contribution in [0, 0.1) is 0 Å². The number of aromatic nitrogens is 5. The molecule has 8 nitrogen and oxygen atoms in total.